The molecule has 0 fully saturated rings. The molecular formula is C24H17N7O2S. The van der Waals surface area contributed by atoms with Gasteiger partial charge in [-0.2, -0.15) is 5.10 Å². The predicted octanol–water partition coefficient (Wildman–Crippen LogP) is 5.09. The molecule has 166 valence electrons. The van der Waals surface area contributed by atoms with Crippen LogP contribution in [0, 0.1) is 0 Å². The fourth-order valence-electron chi connectivity index (χ4n) is 3.82. The minimum Gasteiger partial charge on any atom is -0.350 e. The van der Waals surface area contributed by atoms with E-state index in [0.717, 1.165) is 49.3 Å². The molecule has 0 radical (unpaired) electrons. The van der Waals surface area contributed by atoms with E-state index in [-0.39, 0.29) is 5.69 Å². The van der Waals surface area contributed by atoms with Gasteiger partial charge in [0.2, 0.25) is 0 Å². The fraction of sp³-hybridized carbons (Fsp3) is 0. The van der Waals surface area contributed by atoms with Crippen LogP contribution in [-0.4, -0.2) is 36.3 Å². The number of nitrogens with zero attached hydrogens (tertiary/aromatic N) is 3. The van der Waals surface area contributed by atoms with Gasteiger partial charge in [0, 0.05) is 33.9 Å². The zero-order valence-electron chi connectivity index (χ0n) is 17.5. The van der Waals surface area contributed by atoms with Crippen LogP contribution in [0.1, 0.15) is 10.5 Å². The molecule has 1 amide bonds. The second kappa shape index (κ2) is 8.10. The topological polar surface area (TPSA) is 132 Å². The van der Waals surface area contributed by atoms with Gasteiger partial charge in [0.05, 0.1) is 16.4 Å². The molecule has 0 saturated heterocycles. The summed E-state index contributed by atoms with van der Waals surface area (Å²) in [5, 5.41) is 22.0. The van der Waals surface area contributed by atoms with Crippen LogP contribution in [0.5, 0.6) is 0 Å². The standard InChI is InChI=1S/C24H17N7O2S/c32-24(31-33)20-9-14-1-2-15(10-19(14)28-20)22-29-18-7-8-34-21(18)23(30-22)27-17-5-3-13(4-6-17)16-11-25-26-12-16/h1-12,28,33H,(H,25,26)(H,31,32)(H,27,29,30). The molecule has 4 heterocycles. The number of thiophene rings is 1. The number of carbonyl (C=O) groups excluding carboxylic acids is 1. The van der Waals surface area contributed by atoms with Crippen molar-refractivity contribution in [2.24, 2.45) is 0 Å². The maximum Gasteiger partial charge on any atom is 0.291 e. The molecule has 9 nitrogen and oxygen atoms in total. The maximum absolute atomic E-state index is 11.7. The maximum atomic E-state index is 11.7. The summed E-state index contributed by atoms with van der Waals surface area (Å²) in [7, 11) is 0. The minimum absolute atomic E-state index is 0.269. The molecule has 5 N–H and O–H groups in total. The quantitative estimate of drug-likeness (QED) is 0.177. The van der Waals surface area contributed by atoms with Crippen LogP contribution < -0.4 is 10.8 Å². The molecular weight excluding hydrogens is 450 g/mol. The summed E-state index contributed by atoms with van der Waals surface area (Å²) in [6.07, 6.45) is 3.64. The lowest BCUT2D eigenvalue weighted by Crippen LogP contribution is -2.18. The van der Waals surface area contributed by atoms with E-state index < -0.39 is 5.91 Å². The van der Waals surface area contributed by atoms with E-state index >= 15 is 0 Å². The number of carbonyl (C=O) groups is 1. The lowest BCUT2D eigenvalue weighted by molar-refractivity contribution is 0.0701. The zero-order valence-corrected chi connectivity index (χ0v) is 18.4. The van der Waals surface area contributed by atoms with Crippen molar-refractivity contribution in [3.8, 4) is 22.5 Å². The SMILES string of the molecule is O=C(NO)c1cc2ccc(-c3nc(Nc4ccc(-c5cn[nH]c5)cc4)c4sccc4n3)cc2[nH]1. The van der Waals surface area contributed by atoms with Crippen molar-refractivity contribution < 1.29 is 10.0 Å². The number of aromatic amines is 2. The van der Waals surface area contributed by atoms with Gasteiger partial charge in [-0.05, 0) is 41.3 Å². The van der Waals surface area contributed by atoms with Crippen molar-refractivity contribution in [1.82, 2.24) is 30.6 Å². The van der Waals surface area contributed by atoms with E-state index in [1.807, 2.05) is 60.1 Å². The average Bonchev–Trinajstić information content (AvgIpc) is 3.64. The molecule has 0 aliphatic rings. The Morgan fingerprint density at radius 3 is 2.62 bits per heavy atom. The monoisotopic (exact) mass is 467 g/mol. The molecule has 2 aromatic carbocycles. The summed E-state index contributed by atoms with van der Waals surface area (Å²) in [5.41, 5.74) is 7.30. The molecule has 0 aliphatic heterocycles. The highest BCUT2D eigenvalue weighted by Gasteiger charge is 2.14. The van der Waals surface area contributed by atoms with Gasteiger partial charge in [-0.15, -0.1) is 11.3 Å². The van der Waals surface area contributed by atoms with E-state index in [9.17, 15) is 4.79 Å². The number of amides is 1. The van der Waals surface area contributed by atoms with Crippen LogP contribution in [0.4, 0.5) is 11.5 Å². The Bertz CT molecular complexity index is 1640. The Morgan fingerprint density at radius 2 is 1.82 bits per heavy atom. The van der Waals surface area contributed by atoms with E-state index in [4.69, 9.17) is 15.2 Å². The number of hydroxylamine groups is 1. The third-order valence-corrected chi connectivity index (χ3v) is 6.42. The number of nitrogens with one attached hydrogen (secondary N) is 4. The highest BCUT2D eigenvalue weighted by Crippen LogP contribution is 2.32. The van der Waals surface area contributed by atoms with Gasteiger partial charge >= 0.3 is 0 Å². The van der Waals surface area contributed by atoms with E-state index in [2.05, 4.69) is 20.5 Å². The van der Waals surface area contributed by atoms with Crippen molar-refractivity contribution in [3.05, 3.63) is 78.1 Å². The van der Waals surface area contributed by atoms with Gasteiger partial charge in [0.1, 0.15) is 5.69 Å². The summed E-state index contributed by atoms with van der Waals surface area (Å²) in [6, 6.07) is 17.4. The van der Waals surface area contributed by atoms with Gasteiger partial charge in [0.15, 0.2) is 11.6 Å². The smallest absolute Gasteiger partial charge is 0.291 e. The number of hydrogen-bond donors (Lipinski definition) is 5. The van der Waals surface area contributed by atoms with Gasteiger partial charge in [-0.3, -0.25) is 15.1 Å². The molecule has 10 heteroatoms. The molecule has 0 bridgehead atoms. The number of H-pyrrole nitrogens is 2. The summed E-state index contributed by atoms with van der Waals surface area (Å²) in [6.45, 7) is 0. The highest BCUT2D eigenvalue weighted by atomic mass is 32.1. The number of hydrogen-bond acceptors (Lipinski definition) is 7. The number of anilines is 2. The Labute approximate surface area is 196 Å². The first-order chi connectivity index (χ1) is 16.7. The summed E-state index contributed by atoms with van der Waals surface area (Å²) >= 11 is 1.58. The van der Waals surface area contributed by atoms with Crippen molar-refractivity contribution >= 4 is 49.9 Å². The predicted molar refractivity (Wildman–Crippen MR) is 131 cm³/mol. The third-order valence-electron chi connectivity index (χ3n) is 5.51. The van der Waals surface area contributed by atoms with Crippen molar-refractivity contribution in [2.75, 3.05) is 5.32 Å². The molecule has 34 heavy (non-hydrogen) atoms. The second-order valence-corrected chi connectivity index (χ2v) is 8.56. The van der Waals surface area contributed by atoms with Crippen molar-refractivity contribution in [2.45, 2.75) is 0 Å². The molecule has 0 atom stereocenters. The number of fused-ring (bicyclic) bond motifs is 2. The molecule has 6 rings (SSSR count). The molecule has 0 spiro atoms. The molecule has 0 unspecified atom stereocenters. The van der Waals surface area contributed by atoms with Crippen LogP contribution in [0.15, 0.2) is 72.4 Å². The molecule has 6 aromatic rings. The second-order valence-electron chi connectivity index (χ2n) is 7.65. The van der Waals surface area contributed by atoms with Crippen LogP contribution in [0.25, 0.3) is 43.6 Å². The van der Waals surface area contributed by atoms with Crippen LogP contribution >= 0.6 is 11.3 Å². The highest BCUT2D eigenvalue weighted by molar-refractivity contribution is 7.17. The van der Waals surface area contributed by atoms with E-state index in [0.29, 0.717) is 5.82 Å². The normalized spacial score (nSPS) is 11.2. The first kappa shape index (κ1) is 20.1. The fourth-order valence-corrected chi connectivity index (χ4v) is 4.59. The molecule has 4 aromatic heterocycles. The van der Waals surface area contributed by atoms with Crippen LogP contribution in [-0.2, 0) is 0 Å². The van der Waals surface area contributed by atoms with Crippen LogP contribution in [0.3, 0.4) is 0 Å². The Balaban J connectivity index is 1.36. The Hall–Kier alpha value is -4.54. The van der Waals surface area contributed by atoms with Crippen LogP contribution in [0.2, 0.25) is 0 Å². The lowest BCUT2D eigenvalue weighted by Gasteiger charge is -2.10. The van der Waals surface area contributed by atoms with Gasteiger partial charge < -0.3 is 10.3 Å². The van der Waals surface area contributed by atoms with E-state index in [1.165, 1.54) is 0 Å². The van der Waals surface area contributed by atoms with Gasteiger partial charge in [-0.25, -0.2) is 15.4 Å². The molecule has 0 aliphatic carbocycles. The largest absolute Gasteiger partial charge is 0.350 e. The van der Waals surface area contributed by atoms with E-state index in [1.54, 1.807) is 29.1 Å². The first-order valence-electron chi connectivity index (χ1n) is 10.4. The number of rotatable bonds is 5. The average molecular weight is 468 g/mol. The first-order valence-corrected chi connectivity index (χ1v) is 11.2. The Morgan fingerprint density at radius 1 is 0.971 bits per heavy atom. The minimum atomic E-state index is -0.598. The summed E-state index contributed by atoms with van der Waals surface area (Å²) < 4.78 is 0.963. The Kier molecular flexibility index (Phi) is 4.79. The summed E-state index contributed by atoms with van der Waals surface area (Å²) in [4.78, 5) is 24.3. The van der Waals surface area contributed by atoms with Crippen molar-refractivity contribution in [3.63, 3.8) is 0 Å². The summed E-state index contributed by atoms with van der Waals surface area (Å²) in [5.74, 6) is 0.685. The molecule has 0 saturated carbocycles. The lowest BCUT2D eigenvalue weighted by atomic mass is 10.1. The number of benzene rings is 2. The third kappa shape index (κ3) is 3.56. The number of aromatic nitrogens is 5. The van der Waals surface area contributed by atoms with Gasteiger partial charge in [0.25, 0.3) is 5.91 Å². The van der Waals surface area contributed by atoms with Crippen molar-refractivity contribution in [1.29, 1.82) is 0 Å². The van der Waals surface area contributed by atoms with Gasteiger partial charge in [-0.1, -0.05) is 24.3 Å². The zero-order chi connectivity index (χ0) is 23.1.